The number of carbonyl (C=O) groups is 1. The zero-order chi connectivity index (χ0) is 15.7. The van der Waals surface area contributed by atoms with Gasteiger partial charge in [0.15, 0.2) is 0 Å². The normalized spacial score (nSPS) is 11.1. The molecule has 1 aromatic rings. The van der Waals surface area contributed by atoms with Crippen LogP contribution < -0.4 is 14.8 Å². The van der Waals surface area contributed by atoms with E-state index in [-0.39, 0.29) is 24.7 Å². The van der Waals surface area contributed by atoms with Gasteiger partial charge in [0.05, 0.1) is 12.9 Å². The van der Waals surface area contributed by atoms with Crippen molar-refractivity contribution in [3.8, 4) is 5.75 Å². The smallest absolute Gasteiger partial charge is 0.251 e. The van der Waals surface area contributed by atoms with Crippen molar-refractivity contribution in [3.05, 3.63) is 29.8 Å². The number of hydrogen-bond acceptors (Lipinski definition) is 4. The summed E-state index contributed by atoms with van der Waals surface area (Å²) in [5, 5.41) is 2.66. The van der Waals surface area contributed by atoms with Gasteiger partial charge in [-0.1, -0.05) is 19.4 Å². The van der Waals surface area contributed by atoms with E-state index in [9.17, 15) is 13.2 Å². The average Bonchev–Trinajstić information content (AvgIpc) is 2.49. The van der Waals surface area contributed by atoms with Gasteiger partial charge in [0.1, 0.15) is 5.75 Å². The van der Waals surface area contributed by atoms with Crippen molar-refractivity contribution in [1.29, 1.82) is 0 Å². The molecule has 0 atom stereocenters. The van der Waals surface area contributed by atoms with E-state index in [0.717, 1.165) is 6.42 Å². The summed E-state index contributed by atoms with van der Waals surface area (Å²) in [7, 11) is -1.71. The number of amides is 1. The maximum Gasteiger partial charge on any atom is 0.251 e. The van der Waals surface area contributed by atoms with E-state index in [1.807, 2.05) is 6.92 Å². The number of unbranched alkanes of at least 4 members (excludes halogenated alkanes) is 1. The zero-order valence-corrected chi connectivity index (χ0v) is 13.2. The molecular weight excluding hydrogens is 292 g/mol. The van der Waals surface area contributed by atoms with Crippen LogP contribution in [0.4, 0.5) is 0 Å². The van der Waals surface area contributed by atoms with E-state index in [1.165, 1.54) is 7.11 Å². The second-order valence-electron chi connectivity index (χ2n) is 4.55. The van der Waals surface area contributed by atoms with Crippen molar-refractivity contribution >= 4 is 15.9 Å². The van der Waals surface area contributed by atoms with Gasteiger partial charge in [0.2, 0.25) is 10.0 Å². The average molecular weight is 314 g/mol. The zero-order valence-electron chi connectivity index (χ0n) is 12.4. The van der Waals surface area contributed by atoms with Gasteiger partial charge in [0, 0.05) is 18.7 Å². The molecular formula is C14H22N2O4S. The number of nitrogens with one attached hydrogen (secondary N) is 2. The van der Waals surface area contributed by atoms with Gasteiger partial charge in [-0.25, -0.2) is 13.1 Å². The number of ether oxygens (including phenoxy) is 1. The summed E-state index contributed by atoms with van der Waals surface area (Å²) in [5.74, 6) is 0.456. The maximum absolute atomic E-state index is 11.9. The highest BCUT2D eigenvalue weighted by molar-refractivity contribution is 7.89. The largest absolute Gasteiger partial charge is 0.497 e. The minimum Gasteiger partial charge on any atom is -0.497 e. The van der Waals surface area contributed by atoms with Crippen LogP contribution in [0.3, 0.4) is 0 Å². The predicted octanol–water partition coefficient (Wildman–Crippen LogP) is 1.14. The molecule has 21 heavy (non-hydrogen) atoms. The predicted molar refractivity (Wildman–Crippen MR) is 82.0 cm³/mol. The first-order valence-electron chi connectivity index (χ1n) is 6.88. The third-order valence-corrected chi connectivity index (χ3v) is 4.30. The topological polar surface area (TPSA) is 84.5 Å². The molecule has 2 N–H and O–H groups in total. The third kappa shape index (κ3) is 6.59. The second-order valence-corrected chi connectivity index (χ2v) is 6.48. The Balaban J connectivity index is 2.37. The van der Waals surface area contributed by atoms with Crippen LogP contribution in [-0.2, 0) is 10.0 Å². The lowest BCUT2D eigenvalue weighted by Gasteiger charge is -2.08. The van der Waals surface area contributed by atoms with Gasteiger partial charge in [0.25, 0.3) is 5.91 Å². The van der Waals surface area contributed by atoms with Gasteiger partial charge in [-0.05, 0) is 24.6 Å². The number of methoxy groups -OCH3 is 1. The Bertz CT molecular complexity index is 558. The summed E-state index contributed by atoms with van der Waals surface area (Å²) in [4.78, 5) is 11.9. The summed E-state index contributed by atoms with van der Waals surface area (Å²) in [6.45, 7) is 2.35. The van der Waals surface area contributed by atoms with Gasteiger partial charge < -0.3 is 10.1 Å². The molecule has 1 aromatic carbocycles. The Kier molecular flexibility index (Phi) is 7.18. The molecule has 0 unspecified atom stereocenters. The molecule has 0 aromatic heterocycles. The summed E-state index contributed by atoms with van der Waals surface area (Å²) in [6, 6.07) is 6.77. The Labute approximate surface area is 125 Å². The van der Waals surface area contributed by atoms with Crippen LogP contribution in [0.1, 0.15) is 30.1 Å². The fourth-order valence-corrected chi connectivity index (χ4v) is 2.88. The first kappa shape index (κ1) is 17.5. The van der Waals surface area contributed by atoms with Crippen LogP contribution in [0.25, 0.3) is 0 Å². The molecule has 0 bridgehead atoms. The lowest BCUT2D eigenvalue weighted by molar-refractivity contribution is 0.0954. The number of rotatable bonds is 9. The summed E-state index contributed by atoms with van der Waals surface area (Å²) in [5.41, 5.74) is 0.475. The highest BCUT2D eigenvalue weighted by Crippen LogP contribution is 2.12. The second kappa shape index (κ2) is 8.63. The third-order valence-electron chi connectivity index (χ3n) is 2.83. The quantitative estimate of drug-likeness (QED) is 0.670. The van der Waals surface area contributed by atoms with Gasteiger partial charge in [-0.3, -0.25) is 4.79 Å². The van der Waals surface area contributed by atoms with Gasteiger partial charge in [-0.15, -0.1) is 0 Å². The molecule has 7 heteroatoms. The number of benzene rings is 1. The Morgan fingerprint density at radius 3 is 2.71 bits per heavy atom. The molecule has 1 rings (SSSR count). The molecule has 6 nitrogen and oxygen atoms in total. The fraction of sp³-hybridized carbons (Fsp3) is 0.500. The molecule has 0 radical (unpaired) electrons. The van der Waals surface area contributed by atoms with Crippen molar-refractivity contribution in [2.45, 2.75) is 19.8 Å². The Morgan fingerprint density at radius 1 is 1.29 bits per heavy atom. The number of sulfonamides is 1. The van der Waals surface area contributed by atoms with Gasteiger partial charge in [-0.2, -0.15) is 0 Å². The minimum absolute atomic E-state index is 0.118. The first-order valence-corrected chi connectivity index (χ1v) is 8.53. The molecule has 1 amide bonds. The van der Waals surface area contributed by atoms with Crippen LogP contribution in [0.5, 0.6) is 5.75 Å². The minimum atomic E-state index is -3.24. The number of hydrogen-bond donors (Lipinski definition) is 2. The molecule has 0 fully saturated rings. The Morgan fingerprint density at radius 2 is 2.05 bits per heavy atom. The van der Waals surface area contributed by atoms with Gasteiger partial charge >= 0.3 is 0 Å². The highest BCUT2D eigenvalue weighted by atomic mass is 32.2. The maximum atomic E-state index is 11.9. The summed E-state index contributed by atoms with van der Waals surface area (Å²) >= 11 is 0. The fourth-order valence-electron chi connectivity index (χ4n) is 1.66. The number of carbonyl (C=O) groups excluding carboxylic acids is 1. The monoisotopic (exact) mass is 314 g/mol. The lowest BCUT2D eigenvalue weighted by atomic mass is 10.2. The standard InChI is InChI=1S/C14H22N2O4S/c1-3-4-10-21(18,19)16-9-8-15-14(17)12-6-5-7-13(11-12)20-2/h5-7,11,16H,3-4,8-10H2,1-2H3,(H,15,17). The SMILES string of the molecule is CCCCS(=O)(=O)NCCNC(=O)c1cccc(OC)c1. The molecule has 0 aliphatic carbocycles. The van der Waals surface area contributed by atoms with Crippen LogP contribution in [0, 0.1) is 0 Å². The van der Waals surface area contributed by atoms with Crippen molar-refractivity contribution in [3.63, 3.8) is 0 Å². The highest BCUT2D eigenvalue weighted by Gasteiger charge is 2.09. The molecule has 118 valence electrons. The van der Waals surface area contributed by atoms with Crippen LogP contribution in [0.2, 0.25) is 0 Å². The van der Waals surface area contributed by atoms with Crippen molar-refractivity contribution in [2.75, 3.05) is 26.0 Å². The molecule has 0 aliphatic heterocycles. The van der Waals surface area contributed by atoms with E-state index in [2.05, 4.69) is 10.0 Å². The first-order chi connectivity index (χ1) is 9.98. The molecule has 0 saturated carbocycles. The summed E-state index contributed by atoms with van der Waals surface area (Å²) < 4.78 is 30.6. The van der Waals surface area contributed by atoms with Crippen molar-refractivity contribution < 1.29 is 17.9 Å². The molecule has 0 aliphatic rings. The van der Waals surface area contributed by atoms with Crippen molar-refractivity contribution in [2.24, 2.45) is 0 Å². The molecule has 0 saturated heterocycles. The summed E-state index contributed by atoms with van der Waals surface area (Å²) in [6.07, 6.45) is 1.46. The van der Waals surface area contributed by atoms with Crippen LogP contribution >= 0.6 is 0 Å². The van der Waals surface area contributed by atoms with E-state index >= 15 is 0 Å². The van der Waals surface area contributed by atoms with E-state index in [1.54, 1.807) is 24.3 Å². The van der Waals surface area contributed by atoms with Crippen LogP contribution in [0.15, 0.2) is 24.3 Å². The molecule has 0 heterocycles. The lowest BCUT2D eigenvalue weighted by Crippen LogP contribution is -2.35. The van der Waals surface area contributed by atoms with E-state index in [4.69, 9.17) is 4.74 Å². The van der Waals surface area contributed by atoms with Crippen molar-refractivity contribution in [1.82, 2.24) is 10.0 Å². The molecule has 0 spiro atoms. The van der Waals surface area contributed by atoms with E-state index < -0.39 is 10.0 Å². The van der Waals surface area contributed by atoms with E-state index in [0.29, 0.717) is 17.7 Å². The van der Waals surface area contributed by atoms with Crippen LogP contribution in [-0.4, -0.2) is 40.3 Å². The Hall–Kier alpha value is -1.60.